The Bertz CT molecular complexity index is 605. The molecule has 0 aliphatic rings. The summed E-state index contributed by atoms with van der Waals surface area (Å²) in [5.41, 5.74) is -0.477. The number of rotatable bonds is 3. The van der Waals surface area contributed by atoms with Gasteiger partial charge in [0, 0.05) is 0 Å². The van der Waals surface area contributed by atoms with Gasteiger partial charge in [-0.25, -0.2) is 4.79 Å². The molecular weight excluding hydrogens is 265 g/mol. The molecule has 1 N–H and O–H groups in total. The molecule has 0 aliphatic heterocycles. The number of aliphatic hydroxyl groups is 1. The molecule has 0 fully saturated rings. The molecule has 9 heteroatoms. The predicted octanol–water partition coefficient (Wildman–Crippen LogP) is 0.352. The first-order chi connectivity index (χ1) is 8.89. The maximum absolute atomic E-state index is 12.2. The SMILES string of the molecule is O=c1n(C[C@@H](O)C(F)(F)F)nnn1-c1ccccc1. The Hall–Kier alpha value is -2.16. The van der Waals surface area contributed by atoms with Crippen molar-refractivity contribution in [2.75, 3.05) is 0 Å². The number of nitrogens with zero attached hydrogens (tertiary/aromatic N) is 4. The number of alkyl halides is 3. The van der Waals surface area contributed by atoms with Crippen molar-refractivity contribution in [1.29, 1.82) is 0 Å². The van der Waals surface area contributed by atoms with Crippen LogP contribution in [-0.2, 0) is 6.54 Å². The van der Waals surface area contributed by atoms with E-state index in [0.29, 0.717) is 10.4 Å². The molecular formula is C10H9F3N4O2. The van der Waals surface area contributed by atoms with E-state index in [1.165, 1.54) is 0 Å². The number of benzene rings is 1. The number of hydrogen-bond acceptors (Lipinski definition) is 4. The van der Waals surface area contributed by atoms with Crippen LogP contribution in [0.5, 0.6) is 0 Å². The maximum Gasteiger partial charge on any atom is 0.416 e. The van der Waals surface area contributed by atoms with E-state index in [4.69, 9.17) is 5.11 Å². The van der Waals surface area contributed by atoms with E-state index in [1.54, 1.807) is 30.3 Å². The normalized spacial score (nSPS) is 13.5. The Kier molecular flexibility index (Phi) is 3.38. The zero-order valence-corrected chi connectivity index (χ0v) is 9.45. The molecule has 0 amide bonds. The summed E-state index contributed by atoms with van der Waals surface area (Å²) in [6.07, 6.45) is -7.47. The van der Waals surface area contributed by atoms with Gasteiger partial charge >= 0.3 is 11.9 Å². The summed E-state index contributed by atoms with van der Waals surface area (Å²) < 4.78 is 37.8. The number of para-hydroxylation sites is 1. The molecule has 19 heavy (non-hydrogen) atoms. The lowest BCUT2D eigenvalue weighted by Crippen LogP contribution is -2.37. The molecule has 0 saturated heterocycles. The molecule has 1 aromatic heterocycles. The van der Waals surface area contributed by atoms with Gasteiger partial charge in [-0.15, -0.1) is 0 Å². The van der Waals surface area contributed by atoms with Gasteiger partial charge in [0.15, 0.2) is 6.10 Å². The third-order valence-corrected chi connectivity index (χ3v) is 2.36. The summed E-state index contributed by atoms with van der Waals surface area (Å²) in [6, 6.07) is 8.12. The summed E-state index contributed by atoms with van der Waals surface area (Å²) in [4.78, 5) is 11.8. The lowest BCUT2D eigenvalue weighted by molar-refractivity contribution is -0.208. The second kappa shape index (κ2) is 4.84. The van der Waals surface area contributed by atoms with E-state index in [0.717, 1.165) is 4.68 Å². The van der Waals surface area contributed by atoms with Gasteiger partial charge in [-0.2, -0.15) is 22.5 Å². The smallest absolute Gasteiger partial charge is 0.382 e. The molecule has 0 unspecified atom stereocenters. The van der Waals surface area contributed by atoms with Gasteiger partial charge in [0.2, 0.25) is 0 Å². The quantitative estimate of drug-likeness (QED) is 0.876. The zero-order chi connectivity index (χ0) is 14.0. The molecule has 6 nitrogen and oxygen atoms in total. The fourth-order valence-electron chi connectivity index (χ4n) is 1.39. The van der Waals surface area contributed by atoms with E-state index in [2.05, 4.69) is 10.4 Å². The molecule has 1 heterocycles. The van der Waals surface area contributed by atoms with Crippen LogP contribution in [0.4, 0.5) is 13.2 Å². The first-order valence-electron chi connectivity index (χ1n) is 5.22. The number of tetrazole rings is 1. The van der Waals surface area contributed by atoms with E-state index >= 15 is 0 Å². The summed E-state index contributed by atoms with van der Waals surface area (Å²) in [7, 11) is 0. The van der Waals surface area contributed by atoms with Crippen molar-refractivity contribution in [2.45, 2.75) is 18.8 Å². The summed E-state index contributed by atoms with van der Waals surface area (Å²) in [5, 5.41) is 15.6. The van der Waals surface area contributed by atoms with E-state index in [-0.39, 0.29) is 0 Å². The zero-order valence-electron chi connectivity index (χ0n) is 9.45. The number of aromatic nitrogens is 4. The van der Waals surface area contributed by atoms with Crippen molar-refractivity contribution in [3.63, 3.8) is 0 Å². The first kappa shape index (κ1) is 13.3. The predicted molar refractivity (Wildman–Crippen MR) is 57.7 cm³/mol. The molecule has 1 aromatic carbocycles. The lowest BCUT2D eigenvalue weighted by Gasteiger charge is -2.12. The van der Waals surface area contributed by atoms with Crippen LogP contribution < -0.4 is 5.69 Å². The van der Waals surface area contributed by atoms with Gasteiger partial charge in [-0.1, -0.05) is 18.2 Å². The minimum absolute atomic E-state index is 0.375. The Morgan fingerprint density at radius 1 is 1.21 bits per heavy atom. The van der Waals surface area contributed by atoms with Crippen LogP contribution >= 0.6 is 0 Å². The highest BCUT2D eigenvalue weighted by Gasteiger charge is 2.39. The van der Waals surface area contributed by atoms with Gasteiger partial charge in [-0.05, 0) is 22.6 Å². The highest BCUT2D eigenvalue weighted by molar-refractivity contribution is 5.28. The van der Waals surface area contributed by atoms with Crippen LogP contribution in [0.15, 0.2) is 35.1 Å². The summed E-state index contributed by atoms with van der Waals surface area (Å²) in [5.74, 6) is 0. The fourth-order valence-corrected chi connectivity index (χ4v) is 1.39. The van der Waals surface area contributed by atoms with Gasteiger partial charge in [0.1, 0.15) is 0 Å². The molecule has 2 aromatic rings. The molecule has 0 bridgehead atoms. The van der Waals surface area contributed by atoms with Gasteiger partial charge in [0.05, 0.1) is 12.2 Å². The number of hydrogen-bond donors (Lipinski definition) is 1. The Morgan fingerprint density at radius 2 is 1.84 bits per heavy atom. The van der Waals surface area contributed by atoms with Crippen molar-refractivity contribution in [1.82, 2.24) is 19.8 Å². The summed E-state index contributed by atoms with van der Waals surface area (Å²) >= 11 is 0. The molecule has 1 atom stereocenters. The number of halogens is 3. The Morgan fingerprint density at radius 3 is 2.42 bits per heavy atom. The highest BCUT2D eigenvalue weighted by Crippen LogP contribution is 2.20. The average molecular weight is 274 g/mol. The molecule has 0 radical (unpaired) electrons. The minimum Gasteiger partial charge on any atom is -0.382 e. The van der Waals surface area contributed by atoms with Crippen molar-refractivity contribution in [3.05, 3.63) is 40.8 Å². The molecule has 0 aliphatic carbocycles. The van der Waals surface area contributed by atoms with E-state index in [1.807, 2.05) is 0 Å². The van der Waals surface area contributed by atoms with Crippen molar-refractivity contribution in [3.8, 4) is 5.69 Å². The van der Waals surface area contributed by atoms with Crippen LogP contribution in [0.25, 0.3) is 5.69 Å². The lowest BCUT2D eigenvalue weighted by atomic mass is 10.3. The molecule has 0 saturated carbocycles. The van der Waals surface area contributed by atoms with Crippen molar-refractivity contribution < 1.29 is 18.3 Å². The van der Waals surface area contributed by atoms with Gasteiger partial charge in [-0.3, -0.25) is 0 Å². The van der Waals surface area contributed by atoms with Crippen LogP contribution in [0.2, 0.25) is 0 Å². The third kappa shape index (κ3) is 2.81. The van der Waals surface area contributed by atoms with Gasteiger partial charge in [0.25, 0.3) is 0 Å². The third-order valence-electron chi connectivity index (χ3n) is 2.36. The highest BCUT2D eigenvalue weighted by atomic mass is 19.4. The largest absolute Gasteiger partial charge is 0.416 e. The summed E-state index contributed by atoms with van der Waals surface area (Å²) in [6.45, 7) is -0.991. The van der Waals surface area contributed by atoms with Crippen molar-refractivity contribution in [2.24, 2.45) is 0 Å². The minimum atomic E-state index is -4.81. The van der Waals surface area contributed by atoms with Crippen molar-refractivity contribution >= 4 is 0 Å². The van der Waals surface area contributed by atoms with E-state index < -0.39 is 24.5 Å². The average Bonchev–Trinajstić information content (AvgIpc) is 2.71. The van der Waals surface area contributed by atoms with Crippen LogP contribution in [0, 0.1) is 0 Å². The first-order valence-corrected chi connectivity index (χ1v) is 5.22. The molecule has 2 rings (SSSR count). The Balaban J connectivity index is 2.27. The standard InChI is InChI=1S/C10H9F3N4O2/c11-10(12,13)8(18)6-16-9(19)17(15-14-16)7-4-2-1-3-5-7/h1-5,8,18H,6H2/t8-/m1/s1. The van der Waals surface area contributed by atoms with Crippen LogP contribution in [0.3, 0.4) is 0 Å². The second-order valence-electron chi connectivity index (χ2n) is 3.75. The van der Waals surface area contributed by atoms with Gasteiger partial charge < -0.3 is 5.11 Å². The monoisotopic (exact) mass is 274 g/mol. The Labute approximate surface area is 104 Å². The molecule has 102 valence electrons. The maximum atomic E-state index is 12.2. The number of aliphatic hydroxyl groups excluding tert-OH is 1. The topological polar surface area (TPSA) is 72.9 Å². The second-order valence-corrected chi connectivity index (χ2v) is 3.75. The van der Waals surface area contributed by atoms with E-state index in [9.17, 15) is 18.0 Å². The van der Waals surface area contributed by atoms with Crippen LogP contribution in [0.1, 0.15) is 0 Å². The van der Waals surface area contributed by atoms with Crippen LogP contribution in [-0.4, -0.2) is 37.2 Å². The fraction of sp³-hybridized carbons (Fsp3) is 0.300. The molecule has 0 spiro atoms.